The molecule has 0 saturated carbocycles. The number of fused-ring (bicyclic) bond motifs is 1. The lowest BCUT2D eigenvalue weighted by molar-refractivity contribution is 0.184. The van der Waals surface area contributed by atoms with Crippen molar-refractivity contribution in [3.05, 3.63) is 66.0 Å². The summed E-state index contributed by atoms with van der Waals surface area (Å²) in [5.41, 5.74) is 3.07. The van der Waals surface area contributed by atoms with E-state index in [4.69, 9.17) is 4.74 Å². The molecule has 0 amide bonds. The third-order valence-electron chi connectivity index (χ3n) is 3.63. The number of nitrogens with one attached hydrogen (secondary N) is 1. The van der Waals surface area contributed by atoms with E-state index in [0.29, 0.717) is 6.61 Å². The van der Waals surface area contributed by atoms with Crippen LogP contribution in [0.15, 0.2) is 54.9 Å². The number of hydrogen-bond donors (Lipinski definition) is 1. The quantitative estimate of drug-likeness (QED) is 0.576. The van der Waals surface area contributed by atoms with Gasteiger partial charge in [0.05, 0.1) is 12.1 Å². The fourth-order valence-electron chi connectivity index (χ4n) is 2.47. The van der Waals surface area contributed by atoms with Gasteiger partial charge >= 0.3 is 0 Å². The largest absolute Gasteiger partial charge is 0.380 e. The van der Waals surface area contributed by atoms with Crippen molar-refractivity contribution in [2.24, 2.45) is 0 Å². The van der Waals surface area contributed by atoms with E-state index in [2.05, 4.69) is 27.1 Å². The van der Waals surface area contributed by atoms with Crippen LogP contribution in [0, 0.1) is 11.8 Å². The van der Waals surface area contributed by atoms with Gasteiger partial charge in [-0.2, -0.15) is 0 Å². The van der Waals surface area contributed by atoms with Gasteiger partial charge in [-0.1, -0.05) is 42.2 Å². The van der Waals surface area contributed by atoms with Gasteiger partial charge in [0.25, 0.3) is 0 Å². The molecular formula is C20H19N3O. The third-order valence-corrected chi connectivity index (χ3v) is 3.63. The lowest BCUT2D eigenvalue weighted by Gasteiger charge is -2.06. The maximum absolute atomic E-state index is 5.20. The van der Waals surface area contributed by atoms with Crippen LogP contribution in [0.4, 0.5) is 5.82 Å². The van der Waals surface area contributed by atoms with Crippen LogP contribution in [0.3, 0.4) is 0 Å². The summed E-state index contributed by atoms with van der Waals surface area (Å²) < 4.78 is 5.20. The number of rotatable bonds is 5. The predicted molar refractivity (Wildman–Crippen MR) is 96.7 cm³/mol. The second kappa shape index (κ2) is 8.09. The fourth-order valence-corrected chi connectivity index (χ4v) is 2.47. The summed E-state index contributed by atoms with van der Waals surface area (Å²) in [5, 5.41) is 4.36. The molecule has 120 valence electrons. The van der Waals surface area contributed by atoms with E-state index >= 15 is 0 Å². The Morgan fingerprint density at radius 2 is 1.88 bits per heavy atom. The molecule has 0 saturated heterocycles. The topological polar surface area (TPSA) is 47.0 Å². The van der Waals surface area contributed by atoms with Crippen molar-refractivity contribution in [1.82, 2.24) is 9.97 Å². The van der Waals surface area contributed by atoms with E-state index in [0.717, 1.165) is 40.8 Å². The van der Waals surface area contributed by atoms with Crippen molar-refractivity contribution in [1.29, 1.82) is 0 Å². The number of benzene rings is 2. The summed E-state index contributed by atoms with van der Waals surface area (Å²) in [6, 6.07) is 16.0. The molecule has 4 nitrogen and oxygen atoms in total. The highest BCUT2D eigenvalue weighted by molar-refractivity contribution is 5.88. The Hall–Kier alpha value is -2.90. The molecule has 0 radical (unpaired) electrons. The minimum Gasteiger partial charge on any atom is -0.380 e. The summed E-state index contributed by atoms with van der Waals surface area (Å²) in [7, 11) is 1.69. The SMILES string of the molecule is COCc1ccccc1C#CCCNc1ncnc2ccccc12. The number of hydrogen-bond acceptors (Lipinski definition) is 4. The molecule has 4 heteroatoms. The number of nitrogens with zero attached hydrogens (tertiary/aromatic N) is 2. The second-order valence-corrected chi connectivity index (χ2v) is 5.31. The number of anilines is 1. The van der Waals surface area contributed by atoms with Crippen LogP contribution < -0.4 is 5.32 Å². The lowest BCUT2D eigenvalue weighted by Crippen LogP contribution is -2.03. The highest BCUT2D eigenvalue weighted by atomic mass is 16.5. The first kappa shape index (κ1) is 16.0. The van der Waals surface area contributed by atoms with Gasteiger partial charge in [0.1, 0.15) is 12.1 Å². The van der Waals surface area contributed by atoms with Crippen LogP contribution in [0.2, 0.25) is 0 Å². The summed E-state index contributed by atoms with van der Waals surface area (Å²) in [6.07, 6.45) is 2.32. The Morgan fingerprint density at radius 3 is 2.79 bits per heavy atom. The molecule has 0 fully saturated rings. The van der Waals surface area contributed by atoms with Crippen LogP contribution in [-0.4, -0.2) is 23.6 Å². The monoisotopic (exact) mass is 317 g/mol. The van der Waals surface area contributed by atoms with E-state index < -0.39 is 0 Å². The van der Waals surface area contributed by atoms with E-state index in [-0.39, 0.29) is 0 Å². The van der Waals surface area contributed by atoms with Crippen molar-refractivity contribution in [2.45, 2.75) is 13.0 Å². The Labute approximate surface area is 141 Å². The summed E-state index contributed by atoms with van der Waals surface area (Å²) in [5.74, 6) is 7.28. The van der Waals surface area contributed by atoms with E-state index in [1.54, 1.807) is 13.4 Å². The molecule has 0 unspecified atom stereocenters. The zero-order chi connectivity index (χ0) is 16.6. The molecule has 3 rings (SSSR count). The Morgan fingerprint density at radius 1 is 1.04 bits per heavy atom. The normalized spacial score (nSPS) is 10.2. The summed E-state index contributed by atoms with van der Waals surface area (Å²) in [4.78, 5) is 8.58. The highest BCUT2D eigenvalue weighted by Gasteiger charge is 2.01. The molecule has 0 bridgehead atoms. The van der Waals surface area contributed by atoms with Crippen molar-refractivity contribution < 1.29 is 4.74 Å². The zero-order valence-corrected chi connectivity index (χ0v) is 13.6. The average molecular weight is 317 g/mol. The van der Waals surface area contributed by atoms with Crippen molar-refractivity contribution in [2.75, 3.05) is 19.0 Å². The van der Waals surface area contributed by atoms with Gasteiger partial charge in [0.15, 0.2) is 0 Å². The van der Waals surface area contributed by atoms with Gasteiger partial charge in [-0.25, -0.2) is 9.97 Å². The second-order valence-electron chi connectivity index (χ2n) is 5.31. The van der Waals surface area contributed by atoms with E-state index in [9.17, 15) is 0 Å². The molecular weight excluding hydrogens is 298 g/mol. The predicted octanol–water partition coefficient (Wildman–Crippen LogP) is 3.63. The molecule has 0 aliphatic carbocycles. The van der Waals surface area contributed by atoms with Crippen LogP contribution in [0.5, 0.6) is 0 Å². The van der Waals surface area contributed by atoms with E-state index in [1.165, 1.54) is 0 Å². The highest BCUT2D eigenvalue weighted by Crippen LogP contribution is 2.18. The fraction of sp³-hybridized carbons (Fsp3) is 0.200. The number of ether oxygens (including phenoxy) is 1. The minimum atomic E-state index is 0.579. The summed E-state index contributed by atoms with van der Waals surface area (Å²) in [6.45, 7) is 1.32. The van der Waals surface area contributed by atoms with Crippen molar-refractivity contribution in [3.63, 3.8) is 0 Å². The average Bonchev–Trinajstić information content (AvgIpc) is 2.63. The molecule has 3 aromatic rings. The number of aromatic nitrogens is 2. The smallest absolute Gasteiger partial charge is 0.137 e. The first-order valence-electron chi connectivity index (χ1n) is 7.88. The zero-order valence-electron chi connectivity index (χ0n) is 13.6. The minimum absolute atomic E-state index is 0.579. The number of para-hydroxylation sites is 1. The molecule has 1 aromatic heterocycles. The van der Waals surface area contributed by atoms with Gasteiger partial charge in [-0.05, 0) is 23.8 Å². The van der Waals surface area contributed by atoms with Crippen LogP contribution in [0.1, 0.15) is 17.5 Å². The van der Waals surface area contributed by atoms with E-state index in [1.807, 2.05) is 48.5 Å². The summed E-state index contributed by atoms with van der Waals surface area (Å²) >= 11 is 0. The Kier molecular flexibility index (Phi) is 5.39. The van der Waals surface area contributed by atoms with Gasteiger partial charge < -0.3 is 10.1 Å². The number of methoxy groups -OCH3 is 1. The molecule has 24 heavy (non-hydrogen) atoms. The van der Waals surface area contributed by atoms with Gasteiger partial charge in [0, 0.05) is 31.0 Å². The standard InChI is InChI=1S/C20H19N3O/c1-24-14-17-10-3-2-8-16(17)9-6-7-13-21-20-18-11-4-5-12-19(18)22-15-23-20/h2-5,8,10-12,15H,7,13-14H2,1H3,(H,21,22,23). The molecule has 2 aromatic carbocycles. The van der Waals surface area contributed by atoms with Gasteiger partial charge in [-0.15, -0.1) is 0 Å². The molecule has 0 atom stereocenters. The van der Waals surface area contributed by atoms with Crippen LogP contribution >= 0.6 is 0 Å². The molecule has 1 N–H and O–H groups in total. The Bertz CT molecular complexity index is 875. The third kappa shape index (κ3) is 3.89. The molecule has 0 spiro atoms. The molecule has 1 heterocycles. The van der Waals surface area contributed by atoms with Crippen molar-refractivity contribution in [3.8, 4) is 11.8 Å². The van der Waals surface area contributed by atoms with Crippen molar-refractivity contribution >= 4 is 16.7 Å². The van der Waals surface area contributed by atoms with Crippen LogP contribution in [0.25, 0.3) is 10.9 Å². The molecule has 0 aliphatic rings. The first-order chi connectivity index (χ1) is 11.9. The van der Waals surface area contributed by atoms with Gasteiger partial charge in [-0.3, -0.25) is 0 Å². The first-order valence-corrected chi connectivity index (χ1v) is 7.88. The Balaban J connectivity index is 1.62. The lowest BCUT2D eigenvalue weighted by atomic mass is 10.1. The maximum atomic E-state index is 5.20. The van der Waals surface area contributed by atoms with Crippen LogP contribution in [-0.2, 0) is 11.3 Å². The molecule has 0 aliphatic heterocycles. The van der Waals surface area contributed by atoms with Gasteiger partial charge in [0.2, 0.25) is 0 Å². The maximum Gasteiger partial charge on any atom is 0.137 e.